The third-order valence-electron chi connectivity index (χ3n) is 1.84. The molecule has 0 spiro atoms. The number of halogens is 1. The van der Waals surface area contributed by atoms with E-state index < -0.39 is 0 Å². The summed E-state index contributed by atoms with van der Waals surface area (Å²) in [6.45, 7) is 2.07. The molecule has 13 heavy (non-hydrogen) atoms. The molecule has 0 aromatic carbocycles. The third-order valence-corrected chi connectivity index (χ3v) is 1.84. The van der Waals surface area contributed by atoms with Crippen molar-refractivity contribution in [1.29, 1.82) is 0 Å². The molecule has 0 aliphatic carbocycles. The predicted octanol–water partition coefficient (Wildman–Crippen LogP) is 2.05. The highest BCUT2D eigenvalue weighted by Gasteiger charge is 2.03. The Kier molecular flexibility index (Phi) is 1.96. The van der Waals surface area contributed by atoms with Gasteiger partial charge in [-0.2, -0.15) is 0 Å². The number of fused-ring (bicyclic) bond motifs is 1. The Morgan fingerprint density at radius 2 is 2.38 bits per heavy atom. The monoisotopic (exact) mass is 179 g/mol. The maximum atomic E-state index is 12.7. The van der Waals surface area contributed by atoms with Gasteiger partial charge in [0.05, 0.1) is 11.7 Å². The maximum Gasteiger partial charge on any atom is 0.177 e. The molecule has 2 aromatic rings. The number of aromatic nitrogens is 3. The molecule has 2 rings (SSSR count). The van der Waals surface area contributed by atoms with Crippen molar-refractivity contribution in [2.45, 2.75) is 19.8 Å². The molecule has 0 unspecified atom stereocenters. The molecular weight excluding hydrogens is 169 g/mol. The fourth-order valence-corrected chi connectivity index (χ4v) is 1.28. The number of rotatable bonds is 2. The van der Waals surface area contributed by atoms with Crippen LogP contribution in [0, 0.1) is 5.82 Å². The summed E-state index contributed by atoms with van der Waals surface area (Å²) in [6.07, 6.45) is 3.07. The first-order chi connectivity index (χ1) is 6.29. The quantitative estimate of drug-likeness (QED) is 0.766. The van der Waals surface area contributed by atoms with Gasteiger partial charge in [0.2, 0.25) is 0 Å². The first kappa shape index (κ1) is 8.16. The SMILES string of the molecule is CCCc1nc2ncc(F)cc2[nH]1. The van der Waals surface area contributed by atoms with E-state index in [0.29, 0.717) is 11.2 Å². The summed E-state index contributed by atoms with van der Waals surface area (Å²) < 4.78 is 12.7. The topological polar surface area (TPSA) is 41.6 Å². The molecule has 0 bridgehead atoms. The first-order valence-corrected chi connectivity index (χ1v) is 4.29. The van der Waals surface area contributed by atoms with Gasteiger partial charge in [-0.15, -0.1) is 0 Å². The Morgan fingerprint density at radius 1 is 1.54 bits per heavy atom. The minimum atomic E-state index is -0.334. The van der Waals surface area contributed by atoms with E-state index in [9.17, 15) is 4.39 Å². The van der Waals surface area contributed by atoms with Crippen LogP contribution in [0.2, 0.25) is 0 Å². The number of hydrogen-bond acceptors (Lipinski definition) is 2. The molecule has 0 radical (unpaired) electrons. The van der Waals surface area contributed by atoms with Crippen molar-refractivity contribution < 1.29 is 4.39 Å². The Morgan fingerprint density at radius 3 is 3.15 bits per heavy atom. The summed E-state index contributed by atoms with van der Waals surface area (Å²) in [7, 11) is 0. The largest absolute Gasteiger partial charge is 0.341 e. The second-order valence-electron chi connectivity index (χ2n) is 2.96. The van der Waals surface area contributed by atoms with Crippen molar-refractivity contribution in [2.75, 3.05) is 0 Å². The lowest BCUT2D eigenvalue weighted by Gasteiger charge is -1.87. The third kappa shape index (κ3) is 1.52. The van der Waals surface area contributed by atoms with Crippen molar-refractivity contribution in [3.8, 4) is 0 Å². The molecule has 0 saturated heterocycles. The number of imidazole rings is 1. The number of hydrogen-bond donors (Lipinski definition) is 1. The van der Waals surface area contributed by atoms with Crippen molar-refractivity contribution in [1.82, 2.24) is 15.0 Å². The van der Waals surface area contributed by atoms with Gasteiger partial charge < -0.3 is 4.98 Å². The van der Waals surface area contributed by atoms with E-state index in [4.69, 9.17) is 0 Å². The van der Waals surface area contributed by atoms with Gasteiger partial charge in [-0.25, -0.2) is 14.4 Å². The fraction of sp³-hybridized carbons (Fsp3) is 0.333. The van der Waals surface area contributed by atoms with E-state index in [1.807, 2.05) is 0 Å². The van der Waals surface area contributed by atoms with Crippen LogP contribution in [0.4, 0.5) is 4.39 Å². The van der Waals surface area contributed by atoms with Gasteiger partial charge in [0.15, 0.2) is 5.65 Å². The van der Waals surface area contributed by atoms with Gasteiger partial charge in [-0.05, 0) is 6.42 Å². The summed E-state index contributed by atoms with van der Waals surface area (Å²) in [5.74, 6) is 0.537. The van der Waals surface area contributed by atoms with Gasteiger partial charge in [-0.1, -0.05) is 6.92 Å². The smallest absolute Gasteiger partial charge is 0.177 e. The summed E-state index contributed by atoms with van der Waals surface area (Å²) in [4.78, 5) is 11.1. The molecule has 68 valence electrons. The lowest BCUT2D eigenvalue weighted by Crippen LogP contribution is -1.84. The lowest BCUT2D eigenvalue weighted by atomic mass is 10.3. The highest BCUT2D eigenvalue weighted by atomic mass is 19.1. The molecule has 0 fully saturated rings. The molecule has 0 amide bonds. The molecule has 2 aromatic heterocycles. The van der Waals surface area contributed by atoms with Crippen LogP contribution in [0.1, 0.15) is 19.2 Å². The Bertz CT molecular complexity index is 422. The molecule has 2 heterocycles. The van der Waals surface area contributed by atoms with Crippen LogP contribution < -0.4 is 0 Å². The van der Waals surface area contributed by atoms with Crippen LogP contribution in [0.5, 0.6) is 0 Å². The minimum absolute atomic E-state index is 0.334. The first-order valence-electron chi connectivity index (χ1n) is 4.29. The van der Waals surface area contributed by atoms with Crippen LogP contribution in [-0.4, -0.2) is 15.0 Å². The van der Waals surface area contributed by atoms with Gasteiger partial charge in [0.25, 0.3) is 0 Å². The summed E-state index contributed by atoms with van der Waals surface area (Å²) in [5, 5.41) is 0. The maximum absolute atomic E-state index is 12.7. The van der Waals surface area contributed by atoms with E-state index in [2.05, 4.69) is 21.9 Å². The number of nitrogens with zero attached hydrogens (tertiary/aromatic N) is 2. The summed E-state index contributed by atoms with van der Waals surface area (Å²) >= 11 is 0. The zero-order valence-corrected chi connectivity index (χ0v) is 7.34. The molecule has 3 nitrogen and oxygen atoms in total. The second-order valence-corrected chi connectivity index (χ2v) is 2.96. The van der Waals surface area contributed by atoms with Crippen LogP contribution in [-0.2, 0) is 6.42 Å². The summed E-state index contributed by atoms with van der Waals surface area (Å²) in [5.41, 5.74) is 1.26. The Balaban J connectivity index is 2.49. The molecule has 4 heteroatoms. The number of H-pyrrole nitrogens is 1. The van der Waals surface area contributed by atoms with E-state index in [0.717, 1.165) is 18.7 Å². The lowest BCUT2D eigenvalue weighted by molar-refractivity contribution is 0.624. The number of nitrogens with one attached hydrogen (secondary N) is 1. The van der Waals surface area contributed by atoms with Crippen molar-refractivity contribution >= 4 is 11.2 Å². The molecular formula is C9H10FN3. The fourth-order valence-electron chi connectivity index (χ4n) is 1.28. The molecule has 0 aliphatic heterocycles. The van der Waals surface area contributed by atoms with E-state index >= 15 is 0 Å². The molecule has 0 aliphatic rings. The predicted molar refractivity (Wildman–Crippen MR) is 47.8 cm³/mol. The van der Waals surface area contributed by atoms with Crippen LogP contribution in [0.15, 0.2) is 12.3 Å². The number of aromatic amines is 1. The van der Waals surface area contributed by atoms with Crippen LogP contribution in [0.25, 0.3) is 11.2 Å². The second kappa shape index (κ2) is 3.12. The molecule has 1 N–H and O–H groups in total. The highest BCUT2D eigenvalue weighted by Crippen LogP contribution is 2.10. The van der Waals surface area contributed by atoms with Gasteiger partial charge in [-0.3, -0.25) is 0 Å². The highest BCUT2D eigenvalue weighted by molar-refractivity contribution is 5.70. The van der Waals surface area contributed by atoms with Gasteiger partial charge in [0.1, 0.15) is 11.6 Å². The number of pyridine rings is 1. The summed E-state index contributed by atoms with van der Waals surface area (Å²) in [6, 6.07) is 1.41. The zero-order chi connectivity index (χ0) is 9.26. The van der Waals surface area contributed by atoms with E-state index in [1.165, 1.54) is 12.3 Å². The Labute approximate surface area is 75.0 Å². The van der Waals surface area contributed by atoms with Gasteiger partial charge in [0, 0.05) is 12.5 Å². The molecule has 0 saturated carbocycles. The standard InChI is InChI=1S/C9H10FN3/c1-2-3-8-12-7-4-6(10)5-11-9(7)13-8/h4-5H,2-3H2,1H3,(H,11,12,13). The van der Waals surface area contributed by atoms with Crippen LogP contribution in [0.3, 0.4) is 0 Å². The number of aryl methyl sites for hydroxylation is 1. The average Bonchev–Trinajstić information content (AvgIpc) is 2.46. The minimum Gasteiger partial charge on any atom is -0.341 e. The van der Waals surface area contributed by atoms with Crippen LogP contribution >= 0.6 is 0 Å². The van der Waals surface area contributed by atoms with Crippen molar-refractivity contribution in [3.05, 3.63) is 23.9 Å². The molecule has 0 atom stereocenters. The zero-order valence-electron chi connectivity index (χ0n) is 7.34. The Hall–Kier alpha value is -1.45. The van der Waals surface area contributed by atoms with E-state index in [1.54, 1.807) is 0 Å². The van der Waals surface area contributed by atoms with E-state index in [-0.39, 0.29) is 5.82 Å². The normalized spacial score (nSPS) is 10.9. The van der Waals surface area contributed by atoms with Crippen molar-refractivity contribution in [3.63, 3.8) is 0 Å². The average molecular weight is 179 g/mol. The van der Waals surface area contributed by atoms with Gasteiger partial charge >= 0.3 is 0 Å². The van der Waals surface area contributed by atoms with Crippen molar-refractivity contribution in [2.24, 2.45) is 0 Å².